The van der Waals surface area contributed by atoms with Gasteiger partial charge in [-0.05, 0) is 189 Å². The lowest BCUT2D eigenvalue weighted by atomic mass is 10.1. The number of para-hydroxylation sites is 1. The molecule has 0 spiro atoms. The minimum Gasteiger partial charge on any atom is -0.394 e. The van der Waals surface area contributed by atoms with Crippen LogP contribution in [0.3, 0.4) is 0 Å². The first-order valence-electron chi connectivity index (χ1n) is 46.7. The van der Waals surface area contributed by atoms with Crippen LogP contribution in [-0.2, 0) is 39.9 Å². The number of amides is 7. The number of nitrogens with one attached hydrogen (secondary N) is 1. The monoisotopic (exact) mass is 2070 g/mol. The number of aromatic nitrogens is 15. The zero-order valence-electron chi connectivity index (χ0n) is 87.0. The molecule has 0 atom stereocenters. The number of pyridine rings is 1. The molecule has 0 unspecified atom stereocenters. The molecule has 1 aromatic carbocycles. The molecular weight excluding hydrogens is 1930 g/mol. The highest BCUT2D eigenvalue weighted by Crippen LogP contribution is 2.39. The van der Waals surface area contributed by atoms with E-state index in [-0.39, 0.29) is 59.3 Å². The average Bonchev–Trinajstić information content (AvgIpc) is 1.65. The number of H-pyrrole nitrogens is 1. The van der Waals surface area contributed by atoms with Gasteiger partial charge in [-0.2, -0.15) is 48.9 Å². The van der Waals surface area contributed by atoms with Gasteiger partial charge < -0.3 is 39.4 Å². The summed E-state index contributed by atoms with van der Waals surface area (Å²) in [4.78, 5) is 109. The van der Waals surface area contributed by atoms with Gasteiger partial charge in [0.25, 0.3) is 41.4 Å². The van der Waals surface area contributed by atoms with Gasteiger partial charge in [-0.1, -0.05) is 101 Å². The van der Waals surface area contributed by atoms with Crippen molar-refractivity contribution in [3.63, 3.8) is 0 Å². The smallest absolute Gasteiger partial charge is 0.394 e. The zero-order valence-corrected chi connectivity index (χ0v) is 91.9. The van der Waals surface area contributed by atoms with Crippen molar-refractivity contribution >= 4 is 109 Å². The van der Waals surface area contributed by atoms with E-state index in [9.17, 15) is 51.8 Å². The van der Waals surface area contributed by atoms with E-state index in [1.54, 1.807) is 128 Å². The number of aliphatic hydroxyl groups is 1. The summed E-state index contributed by atoms with van der Waals surface area (Å²) in [5.74, 6) is 1.82. The zero-order chi connectivity index (χ0) is 106. The molecule has 30 nitrogen and oxygen atoms in total. The fraction of sp³-hybridized carbons (Fsp3) is 0.394. The van der Waals surface area contributed by atoms with Gasteiger partial charge in [-0.3, -0.25) is 67.1 Å². The molecule has 143 heavy (non-hydrogen) atoms. The lowest BCUT2D eigenvalue weighted by Gasteiger charge is -2.09. The van der Waals surface area contributed by atoms with Crippen LogP contribution in [0.5, 0.6) is 0 Å². The van der Waals surface area contributed by atoms with Crippen LogP contribution >= 0.6 is 68.0 Å². The normalized spacial score (nSPS) is 11.1. The Hall–Kier alpha value is -12.9. The van der Waals surface area contributed by atoms with E-state index in [0.29, 0.717) is 46.6 Å². The molecule has 0 bridgehead atoms. The van der Waals surface area contributed by atoms with E-state index >= 15 is 0 Å². The largest absolute Gasteiger partial charge is 0.433 e. The summed E-state index contributed by atoms with van der Waals surface area (Å²) in [5, 5.41) is 43.4. The topological polar surface area (TPSA) is 311 Å². The fourth-order valence-corrected chi connectivity index (χ4v) is 19.7. The highest BCUT2D eigenvalue weighted by atomic mass is 32.1. The molecule has 15 rings (SSSR count). The third kappa shape index (κ3) is 30.1. The summed E-state index contributed by atoms with van der Waals surface area (Å²) >= 11 is 8.95. The summed E-state index contributed by atoms with van der Waals surface area (Å²) in [6.07, 6.45) is -1.000. The van der Waals surface area contributed by atoms with Crippen molar-refractivity contribution in [2.75, 3.05) is 105 Å². The number of carbonyl (C=O) groups excluding carboxylic acids is 7. The van der Waals surface area contributed by atoms with Crippen LogP contribution in [0.25, 0.3) is 80.4 Å². The maximum Gasteiger partial charge on any atom is 0.433 e. The second-order valence-corrected chi connectivity index (χ2v) is 43.1. The Morgan fingerprint density at radius 1 is 0.378 bits per heavy atom. The third-order valence-corrected chi connectivity index (χ3v) is 28.3. The first-order valence-corrected chi connectivity index (χ1v) is 51.6. The van der Waals surface area contributed by atoms with Crippen molar-refractivity contribution < 1.29 is 51.8 Å². The highest BCUT2D eigenvalue weighted by Gasteiger charge is 2.36. The van der Waals surface area contributed by atoms with E-state index in [4.69, 9.17) is 15.3 Å². The van der Waals surface area contributed by atoms with Crippen LogP contribution in [0, 0.1) is 6.92 Å². The maximum absolute atomic E-state index is 12.8. The summed E-state index contributed by atoms with van der Waals surface area (Å²) in [6.45, 7) is 30.0. The number of aromatic amines is 1. The van der Waals surface area contributed by atoms with Gasteiger partial charge in [-0.25, -0.2) is 4.68 Å². The van der Waals surface area contributed by atoms with Crippen LogP contribution in [0.4, 0.5) is 13.2 Å². The van der Waals surface area contributed by atoms with E-state index in [1.807, 2.05) is 149 Å². The molecule has 764 valence electrons. The number of carbonyl (C=O) groups is 7. The first kappa shape index (κ1) is 114. The van der Waals surface area contributed by atoms with Gasteiger partial charge in [0.05, 0.1) is 117 Å². The number of halogens is 3. The van der Waals surface area contributed by atoms with E-state index < -0.39 is 11.9 Å². The molecule has 0 aliphatic heterocycles. The standard InChI is InChI=1S/C19H21N3OS.2C16H23N3OS.C15H21N3O2S.C13H13F3N4O.C13H17N3OS.C12H15N3OS/c1-13(2)15-12-16(22(20-15)14-8-6-5-7-9-14)17-10-11-18(24-17)19(23)21(3)4;1-6-9-19-13(11(2)3)10-12(17-19)14-7-8-15(21-14)16(20)18(4)5;1-6-9-19-13(10-12(17-19)11(2)3)14-7-8-15(21-14)16(20)18(4)5;1-10(2)11-9-12(18(16-11)7-8-19)13-5-6-14(21-13)15(20)17(3)4;1-19(2)12(21)10-6-8(4-5-17-10)9-7-11(13(14,15)16)20(3)18-9;1-8(2)9-7-10(15-14-9)11-5-6-12(18-11)13(17)16(3)4;1-8-7-9(13-15(8)4)10-5-6-11(17-10)12(16)14(2)3/h5-13H,1-4H3;2*7-8,10-11H,6,9H2,1-5H3;5-6,9-10,19H,7-8H2,1-4H3;4-7H,1-3H3;5-8H,1-4H3,(H,14,15);5-7H,1-4H3. The van der Waals surface area contributed by atoms with Gasteiger partial charge in [-0.15, -0.1) is 68.0 Å². The van der Waals surface area contributed by atoms with Crippen molar-refractivity contribution in [1.29, 1.82) is 0 Å². The van der Waals surface area contributed by atoms with Crippen LogP contribution < -0.4 is 0 Å². The van der Waals surface area contributed by atoms with Crippen molar-refractivity contribution in [3.8, 4) is 80.4 Å². The molecule has 0 radical (unpaired) electrons. The lowest BCUT2D eigenvalue weighted by molar-refractivity contribution is -0.143. The minimum absolute atomic E-state index is 0.00329. The molecule has 14 aromatic heterocycles. The number of aliphatic hydroxyl groups excluding tert-OH is 1. The van der Waals surface area contributed by atoms with E-state index in [1.165, 1.54) is 104 Å². The van der Waals surface area contributed by atoms with Gasteiger partial charge in [0.15, 0.2) is 0 Å². The van der Waals surface area contributed by atoms with Crippen LogP contribution in [-0.4, -0.2) is 260 Å². The molecule has 0 saturated carbocycles. The van der Waals surface area contributed by atoms with Crippen LogP contribution in [0.1, 0.15) is 234 Å². The van der Waals surface area contributed by atoms with Crippen molar-refractivity contribution in [1.82, 2.24) is 108 Å². The molecule has 14 heterocycles. The van der Waals surface area contributed by atoms with E-state index in [2.05, 4.69) is 141 Å². The van der Waals surface area contributed by atoms with Gasteiger partial charge in [0.1, 0.15) is 28.5 Å². The predicted octanol–water partition coefficient (Wildman–Crippen LogP) is 21.9. The molecular formula is C104H133F3N22O8S6. The molecule has 0 aliphatic carbocycles. The van der Waals surface area contributed by atoms with Crippen molar-refractivity contribution in [2.24, 2.45) is 14.1 Å². The molecule has 0 fully saturated rings. The second-order valence-electron chi connectivity index (χ2n) is 36.6. The summed E-state index contributed by atoms with van der Waals surface area (Å²) in [7, 11) is 27.4. The Kier molecular flexibility index (Phi) is 40.8. The van der Waals surface area contributed by atoms with E-state index in [0.717, 1.165) is 159 Å². The molecule has 15 aromatic rings. The van der Waals surface area contributed by atoms with Gasteiger partial charge >= 0.3 is 6.18 Å². The SMILES string of the molecule is CC(C)c1cc(-c2ccc(C(=O)N(C)C)s2)n(-c2ccccc2)n1.CC(C)c1cc(-c2ccc(C(=O)N(C)C)s2)n(CCO)n1.CC(C)c1cc(-c2ccc(C(=O)N(C)C)s2)n[nH]1.CCCn1nc(-c2ccc(C(=O)N(C)C)s2)cc1C(C)C.CCCn1nc(C(C)C)cc1-c1ccc(C(=O)N(C)C)s1.CN(C)C(=O)c1cc(-c2cc(C(F)(F)F)n(C)n2)ccn1.Cc1cc(-c2ccc(C(=O)N(C)C)s2)nn1C. The molecule has 39 heteroatoms. The minimum atomic E-state index is -4.48. The Balaban J connectivity index is 0.000000186. The van der Waals surface area contributed by atoms with Crippen LogP contribution in [0.2, 0.25) is 0 Å². The number of nitrogens with zero attached hydrogens (tertiary/aromatic N) is 21. The summed E-state index contributed by atoms with van der Waals surface area (Å²) in [6, 6.07) is 49.6. The summed E-state index contributed by atoms with van der Waals surface area (Å²) < 4.78 is 48.8. The Labute approximate surface area is 860 Å². The van der Waals surface area contributed by atoms with Crippen LogP contribution in [0.15, 0.2) is 164 Å². The average molecular weight is 2070 g/mol. The number of hydrogen-bond donors (Lipinski definition) is 2. The Morgan fingerprint density at radius 3 is 1.11 bits per heavy atom. The number of thiophene rings is 6. The fourth-order valence-electron chi connectivity index (χ4n) is 13.6. The number of benzene rings is 1. The number of alkyl halides is 3. The quantitative estimate of drug-likeness (QED) is 0.0509. The first-order chi connectivity index (χ1) is 67.4. The van der Waals surface area contributed by atoms with Gasteiger partial charge in [0.2, 0.25) is 0 Å². The number of hydrogen-bond acceptors (Lipinski definition) is 22. The second kappa shape index (κ2) is 51.3. The molecule has 2 N–H and O–H groups in total. The predicted molar refractivity (Wildman–Crippen MR) is 572 cm³/mol. The summed E-state index contributed by atoms with van der Waals surface area (Å²) in [5.41, 5.74) is 13.4. The lowest BCUT2D eigenvalue weighted by Crippen LogP contribution is -2.22. The molecule has 0 saturated heterocycles. The third-order valence-electron chi connectivity index (χ3n) is 21.7. The number of aryl methyl sites for hydroxylation is 5. The Bertz CT molecular complexity index is 6610. The molecule has 7 amide bonds. The van der Waals surface area contributed by atoms with Gasteiger partial charge in [0, 0.05) is 155 Å². The number of rotatable bonds is 26. The Morgan fingerprint density at radius 2 is 0.748 bits per heavy atom. The molecule has 0 aliphatic rings. The highest BCUT2D eigenvalue weighted by molar-refractivity contribution is 7.19. The maximum atomic E-state index is 12.8. The van der Waals surface area contributed by atoms with Crippen molar-refractivity contribution in [2.45, 2.75) is 158 Å². The van der Waals surface area contributed by atoms with Crippen molar-refractivity contribution in [3.05, 3.63) is 239 Å².